The van der Waals surface area contributed by atoms with Crippen LogP contribution in [-0.2, 0) is 28.7 Å². The number of hydrogen-bond donors (Lipinski definition) is 3. The number of fused-ring (bicyclic) bond motifs is 1. The number of ether oxygens (including phenoxy) is 2. The maximum absolute atomic E-state index is 12.7. The molecule has 2 saturated heterocycles. The van der Waals surface area contributed by atoms with E-state index in [0.717, 1.165) is 22.5 Å². The van der Waals surface area contributed by atoms with E-state index < -0.39 is 41.6 Å². The summed E-state index contributed by atoms with van der Waals surface area (Å²) in [5.74, 6) is -1.71. The molecule has 0 radical (unpaired) electrons. The van der Waals surface area contributed by atoms with Crippen LogP contribution in [0.25, 0.3) is 0 Å². The van der Waals surface area contributed by atoms with Crippen molar-refractivity contribution in [3.63, 3.8) is 0 Å². The number of nitrogens with two attached hydrogens (primary N) is 1. The highest BCUT2D eigenvalue weighted by Gasteiger charge is 2.56. The SMILES string of the molecule is CON=C(C(=O)NC1C(=O)N2C(OC(=O)O)C(=COC(C)=O)CS[C@@H]12)c1csc(N)n1. The molecule has 13 nitrogen and oxygen atoms in total. The summed E-state index contributed by atoms with van der Waals surface area (Å²) in [5.41, 5.74) is 5.87. The van der Waals surface area contributed by atoms with E-state index in [1.54, 1.807) is 0 Å². The third-order valence-corrected chi connectivity index (χ3v) is 6.12. The molecule has 0 bridgehead atoms. The van der Waals surface area contributed by atoms with Gasteiger partial charge in [-0.25, -0.2) is 9.78 Å². The lowest BCUT2D eigenvalue weighted by Gasteiger charge is -2.52. The molecule has 2 aliphatic rings. The Bertz CT molecular complexity index is 977. The second-order valence-electron chi connectivity index (χ2n) is 6.13. The Labute approximate surface area is 183 Å². The van der Waals surface area contributed by atoms with Gasteiger partial charge in [-0.05, 0) is 0 Å². The molecule has 0 aromatic carbocycles. The van der Waals surface area contributed by atoms with Crippen molar-refractivity contribution in [1.82, 2.24) is 15.2 Å². The lowest BCUT2D eigenvalue weighted by Crippen LogP contribution is -2.74. The number of aromatic nitrogens is 1. The highest BCUT2D eigenvalue weighted by molar-refractivity contribution is 8.00. The van der Waals surface area contributed by atoms with Gasteiger partial charge in [-0.15, -0.1) is 23.1 Å². The number of thioether (sulfide) groups is 1. The van der Waals surface area contributed by atoms with E-state index in [1.807, 2.05) is 0 Å². The second kappa shape index (κ2) is 9.22. The summed E-state index contributed by atoms with van der Waals surface area (Å²) in [6.45, 7) is 1.18. The number of carbonyl (C=O) groups is 4. The summed E-state index contributed by atoms with van der Waals surface area (Å²) in [6, 6.07) is -0.967. The molecule has 2 unspecified atom stereocenters. The lowest BCUT2D eigenvalue weighted by molar-refractivity contribution is -0.161. The number of anilines is 1. The first kappa shape index (κ1) is 22.4. The topological polar surface area (TPSA) is 183 Å². The van der Waals surface area contributed by atoms with E-state index in [2.05, 4.69) is 15.5 Å². The molecule has 2 amide bonds. The zero-order valence-electron chi connectivity index (χ0n) is 16.1. The Hall–Kier alpha value is -3.33. The van der Waals surface area contributed by atoms with Crippen molar-refractivity contribution >= 4 is 57.9 Å². The van der Waals surface area contributed by atoms with Crippen LogP contribution in [0.4, 0.5) is 9.93 Å². The molecular weight excluding hydrogens is 454 g/mol. The predicted octanol–water partition coefficient (Wildman–Crippen LogP) is -0.0566. The number of hydrogen-bond acceptors (Lipinski definition) is 12. The fourth-order valence-corrected chi connectivity index (χ4v) is 4.73. The van der Waals surface area contributed by atoms with Crippen LogP contribution in [-0.4, -0.2) is 75.1 Å². The van der Waals surface area contributed by atoms with E-state index in [0.29, 0.717) is 0 Å². The maximum atomic E-state index is 12.7. The van der Waals surface area contributed by atoms with E-state index in [9.17, 15) is 19.2 Å². The number of carboxylic acid groups (broad SMARTS) is 1. The van der Waals surface area contributed by atoms with Crippen molar-refractivity contribution < 1.29 is 38.6 Å². The van der Waals surface area contributed by atoms with Gasteiger partial charge < -0.3 is 30.5 Å². The van der Waals surface area contributed by atoms with Crippen LogP contribution in [0.2, 0.25) is 0 Å². The number of thiazole rings is 1. The number of amides is 2. The van der Waals surface area contributed by atoms with Crippen molar-refractivity contribution in [1.29, 1.82) is 0 Å². The highest BCUT2D eigenvalue weighted by Crippen LogP contribution is 2.40. The molecule has 2 fully saturated rings. The number of nitrogens with zero attached hydrogens (tertiary/aromatic N) is 3. The highest BCUT2D eigenvalue weighted by atomic mass is 32.2. The second-order valence-corrected chi connectivity index (χ2v) is 8.12. The first-order chi connectivity index (χ1) is 14.7. The largest absolute Gasteiger partial charge is 0.507 e. The molecule has 0 spiro atoms. The van der Waals surface area contributed by atoms with Gasteiger partial charge in [0.05, 0.1) is 0 Å². The van der Waals surface area contributed by atoms with Crippen molar-refractivity contribution in [2.45, 2.75) is 24.6 Å². The molecular formula is C16H17N5O8S2. The van der Waals surface area contributed by atoms with Crippen LogP contribution in [0, 0.1) is 0 Å². The molecule has 0 saturated carbocycles. The van der Waals surface area contributed by atoms with Crippen molar-refractivity contribution in [3.8, 4) is 0 Å². The molecule has 1 aromatic heterocycles. The summed E-state index contributed by atoms with van der Waals surface area (Å²) in [6.07, 6.45) is -1.83. The van der Waals surface area contributed by atoms with Gasteiger partial charge >= 0.3 is 12.1 Å². The number of carbonyl (C=O) groups excluding carboxylic acids is 3. The molecule has 166 valence electrons. The summed E-state index contributed by atoms with van der Waals surface area (Å²) >= 11 is 2.34. The maximum Gasteiger partial charge on any atom is 0.507 e. The monoisotopic (exact) mass is 471 g/mol. The van der Waals surface area contributed by atoms with Crippen LogP contribution in [0.15, 0.2) is 22.4 Å². The van der Waals surface area contributed by atoms with Crippen LogP contribution < -0.4 is 11.1 Å². The fourth-order valence-electron chi connectivity index (χ4n) is 2.86. The van der Waals surface area contributed by atoms with Crippen LogP contribution >= 0.6 is 23.1 Å². The van der Waals surface area contributed by atoms with Gasteiger partial charge in [0, 0.05) is 23.6 Å². The number of β-lactam (4-membered cyclic amide) rings is 1. The van der Waals surface area contributed by atoms with Crippen LogP contribution in [0.3, 0.4) is 0 Å². The van der Waals surface area contributed by atoms with E-state index in [1.165, 1.54) is 31.2 Å². The zero-order valence-corrected chi connectivity index (χ0v) is 17.8. The van der Waals surface area contributed by atoms with Crippen molar-refractivity contribution in [2.24, 2.45) is 5.16 Å². The molecule has 3 rings (SSSR count). The van der Waals surface area contributed by atoms with Gasteiger partial charge in [0.2, 0.25) is 6.23 Å². The van der Waals surface area contributed by atoms with E-state index in [4.69, 9.17) is 25.2 Å². The number of oxime groups is 1. The van der Waals surface area contributed by atoms with Crippen LogP contribution in [0.5, 0.6) is 0 Å². The Morgan fingerprint density at radius 3 is 2.77 bits per heavy atom. The van der Waals surface area contributed by atoms with Gasteiger partial charge in [0.15, 0.2) is 10.8 Å². The third kappa shape index (κ3) is 4.72. The van der Waals surface area contributed by atoms with Gasteiger partial charge in [-0.2, -0.15) is 0 Å². The number of nitrogens with one attached hydrogen (secondary N) is 1. The Morgan fingerprint density at radius 1 is 1.45 bits per heavy atom. The molecule has 3 heterocycles. The average Bonchev–Trinajstić information content (AvgIpc) is 3.13. The first-order valence-electron chi connectivity index (χ1n) is 8.55. The Balaban J connectivity index is 1.76. The van der Waals surface area contributed by atoms with Gasteiger partial charge in [0.1, 0.15) is 30.5 Å². The quantitative estimate of drug-likeness (QED) is 0.166. The van der Waals surface area contributed by atoms with Crippen molar-refractivity contribution in [2.75, 3.05) is 18.6 Å². The summed E-state index contributed by atoms with van der Waals surface area (Å²) in [7, 11) is 1.25. The smallest absolute Gasteiger partial charge is 0.450 e. The Kier molecular flexibility index (Phi) is 6.65. The summed E-state index contributed by atoms with van der Waals surface area (Å²) < 4.78 is 9.62. The minimum absolute atomic E-state index is 0.170. The van der Waals surface area contributed by atoms with Gasteiger partial charge in [-0.3, -0.25) is 19.3 Å². The predicted molar refractivity (Wildman–Crippen MR) is 108 cm³/mol. The molecule has 15 heteroatoms. The van der Waals surface area contributed by atoms with Gasteiger partial charge in [0.25, 0.3) is 11.8 Å². The molecule has 2 aliphatic heterocycles. The standard InChI is InChI=1S/C16H17N5O8S2/c1-6(22)28-3-7-4-30-14-10(12(24)21(14)13(7)29-16(25)26)19-11(23)9(20-27-2)8-5-31-15(17)18-8/h3,5,10,13-14H,4H2,1-2H3,(H2,17,18)(H,19,23)(H,25,26)/t10?,13?,14-/m0/s1. The number of esters is 1. The Morgan fingerprint density at radius 2 is 2.19 bits per heavy atom. The minimum atomic E-state index is -1.61. The van der Waals surface area contributed by atoms with E-state index in [-0.39, 0.29) is 27.9 Å². The van der Waals surface area contributed by atoms with E-state index >= 15 is 0 Å². The molecule has 4 N–H and O–H groups in total. The third-order valence-electron chi connectivity index (χ3n) is 4.11. The molecule has 1 aromatic rings. The van der Waals surface area contributed by atoms with Crippen LogP contribution in [0.1, 0.15) is 12.6 Å². The lowest BCUT2D eigenvalue weighted by atomic mass is 10.0. The minimum Gasteiger partial charge on any atom is -0.450 e. The molecule has 0 aliphatic carbocycles. The van der Waals surface area contributed by atoms with Gasteiger partial charge in [-0.1, -0.05) is 5.16 Å². The normalized spacial score (nSPS) is 24.1. The fraction of sp³-hybridized carbons (Fsp3) is 0.375. The number of nitrogen functional groups attached to an aromatic ring is 1. The average molecular weight is 471 g/mol. The van der Waals surface area contributed by atoms with Crippen molar-refractivity contribution in [3.05, 3.63) is 22.9 Å². The summed E-state index contributed by atoms with van der Waals surface area (Å²) in [5, 5.41) is 16.4. The first-order valence-corrected chi connectivity index (χ1v) is 10.5. The number of rotatable bonds is 6. The molecule has 3 atom stereocenters. The summed E-state index contributed by atoms with van der Waals surface area (Å²) in [4.78, 5) is 57.4. The zero-order chi connectivity index (χ0) is 22.7. The molecule has 31 heavy (non-hydrogen) atoms.